The van der Waals surface area contributed by atoms with Crippen LogP contribution < -0.4 is 5.46 Å². The van der Waals surface area contributed by atoms with E-state index in [2.05, 4.69) is 66.6 Å². The van der Waals surface area contributed by atoms with Crippen LogP contribution in [0.2, 0.25) is 5.82 Å². The van der Waals surface area contributed by atoms with E-state index < -0.39 is 0 Å². The van der Waals surface area contributed by atoms with Crippen molar-refractivity contribution in [3.63, 3.8) is 0 Å². The first-order valence-electron chi connectivity index (χ1n) is 3.91. The zero-order chi connectivity index (χ0) is 8.27. The van der Waals surface area contributed by atoms with E-state index in [1.165, 1.54) is 5.46 Å². The van der Waals surface area contributed by atoms with Gasteiger partial charge in [-0.2, -0.15) is 0 Å². The highest BCUT2D eigenvalue weighted by Gasteiger charge is 2.15. The number of rotatable bonds is 2. The van der Waals surface area contributed by atoms with Crippen molar-refractivity contribution >= 4 is 32.4 Å². The van der Waals surface area contributed by atoms with E-state index >= 15 is 0 Å². The molecular formula is C9H12BI. The van der Waals surface area contributed by atoms with E-state index in [1.54, 1.807) is 0 Å². The first-order chi connectivity index (χ1) is 5.22. The minimum absolute atomic E-state index is 0.647. The summed E-state index contributed by atoms with van der Waals surface area (Å²) in [5.41, 5.74) is 1.43. The molecule has 0 aliphatic carbocycles. The summed E-state index contributed by atoms with van der Waals surface area (Å²) in [4.78, 5) is 0. The number of hydrogen-bond donors (Lipinski definition) is 0. The summed E-state index contributed by atoms with van der Waals surface area (Å²) in [6, 6.07) is 10.6. The van der Waals surface area contributed by atoms with Gasteiger partial charge >= 0.3 is 0 Å². The molecule has 1 aromatic rings. The molecule has 0 nitrogen and oxygen atoms in total. The third kappa shape index (κ3) is 2.51. The second kappa shape index (κ2) is 4.14. The van der Waals surface area contributed by atoms with E-state index in [4.69, 9.17) is 0 Å². The molecule has 0 aliphatic heterocycles. The molecule has 2 heteroatoms. The predicted molar refractivity (Wildman–Crippen MR) is 60.9 cm³/mol. The second-order valence-electron chi connectivity index (χ2n) is 3.06. The van der Waals surface area contributed by atoms with Crippen LogP contribution >= 0.6 is 22.4 Å². The maximum atomic E-state index is 2.50. The Morgan fingerprint density at radius 1 is 1.18 bits per heavy atom. The summed E-state index contributed by atoms with van der Waals surface area (Å²) in [5.74, 6) is 0.720. The summed E-state index contributed by atoms with van der Waals surface area (Å²) in [7, 11) is 0. The summed E-state index contributed by atoms with van der Waals surface area (Å²) in [6.45, 7) is 4.51. The molecule has 0 fully saturated rings. The van der Waals surface area contributed by atoms with Crippen LogP contribution in [0.25, 0.3) is 0 Å². The fraction of sp³-hybridized carbons (Fsp3) is 0.333. The van der Waals surface area contributed by atoms with Crippen molar-refractivity contribution in [2.45, 2.75) is 19.7 Å². The van der Waals surface area contributed by atoms with Crippen LogP contribution in [0.5, 0.6) is 0 Å². The van der Waals surface area contributed by atoms with E-state index in [0.29, 0.717) is 4.57 Å². The van der Waals surface area contributed by atoms with Gasteiger partial charge in [0.15, 0.2) is 0 Å². The average molecular weight is 258 g/mol. The molecule has 0 spiro atoms. The van der Waals surface area contributed by atoms with Crippen LogP contribution in [0.4, 0.5) is 0 Å². The van der Waals surface area contributed by atoms with Gasteiger partial charge in [0.1, 0.15) is 0 Å². The van der Waals surface area contributed by atoms with Crippen LogP contribution in [0, 0.1) is 0 Å². The number of halogens is 1. The van der Waals surface area contributed by atoms with Crippen molar-refractivity contribution in [3.05, 3.63) is 30.3 Å². The van der Waals surface area contributed by atoms with Crippen LogP contribution in [-0.2, 0) is 0 Å². The summed E-state index contributed by atoms with van der Waals surface area (Å²) < 4.78 is 0.647. The quantitative estimate of drug-likeness (QED) is 0.565. The predicted octanol–water partition coefficient (Wildman–Crippen LogP) is 2.73. The molecule has 0 saturated carbocycles. The Kier molecular flexibility index (Phi) is 3.43. The van der Waals surface area contributed by atoms with Gasteiger partial charge in [-0.15, -0.1) is 22.4 Å². The molecule has 0 atom stereocenters. The van der Waals surface area contributed by atoms with Crippen molar-refractivity contribution < 1.29 is 0 Å². The lowest BCUT2D eigenvalue weighted by Crippen LogP contribution is -2.25. The fourth-order valence-corrected chi connectivity index (χ4v) is 1.44. The number of hydrogen-bond acceptors (Lipinski definition) is 0. The fourth-order valence-electron chi connectivity index (χ4n) is 1.02. The SMILES string of the molecule is CC(C)B(I)c1ccccc1. The molecule has 58 valence electrons. The molecule has 0 bridgehead atoms. The Morgan fingerprint density at radius 2 is 1.73 bits per heavy atom. The average Bonchev–Trinajstić information content (AvgIpc) is 2.05. The molecule has 0 aromatic heterocycles. The summed E-state index contributed by atoms with van der Waals surface area (Å²) >= 11 is 2.50. The maximum Gasteiger partial charge on any atom is 0.252 e. The van der Waals surface area contributed by atoms with Crippen molar-refractivity contribution in [1.82, 2.24) is 0 Å². The lowest BCUT2D eigenvalue weighted by molar-refractivity contribution is 1.06. The van der Waals surface area contributed by atoms with Gasteiger partial charge in [0.2, 0.25) is 0 Å². The van der Waals surface area contributed by atoms with Crippen LogP contribution in [0.3, 0.4) is 0 Å². The van der Waals surface area contributed by atoms with E-state index in [1.807, 2.05) is 0 Å². The van der Waals surface area contributed by atoms with Gasteiger partial charge in [-0.05, 0) is 0 Å². The van der Waals surface area contributed by atoms with Crippen LogP contribution in [0.1, 0.15) is 13.8 Å². The molecule has 0 N–H and O–H groups in total. The normalized spacial score (nSPS) is 10.2. The molecule has 0 radical (unpaired) electrons. The van der Waals surface area contributed by atoms with E-state index in [-0.39, 0.29) is 0 Å². The van der Waals surface area contributed by atoms with Gasteiger partial charge < -0.3 is 0 Å². The monoisotopic (exact) mass is 258 g/mol. The highest BCUT2D eigenvalue weighted by Crippen LogP contribution is 2.13. The Balaban J connectivity index is 2.77. The van der Waals surface area contributed by atoms with Gasteiger partial charge in [-0.25, -0.2) is 0 Å². The lowest BCUT2D eigenvalue weighted by Gasteiger charge is -2.09. The third-order valence-electron chi connectivity index (χ3n) is 1.70. The summed E-state index contributed by atoms with van der Waals surface area (Å²) in [5, 5.41) is 0. The second-order valence-corrected chi connectivity index (χ2v) is 4.40. The van der Waals surface area contributed by atoms with E-state index in [9.17, 15) is 0 Å². The molecule has 1 aromatic carbocycles. The number of benzene rings is 1. The largest absolute Gasteiger partial charge is 0.252 e. The molecule has 11 heavy (non-hydrogen) atoms. The minimum Gasteiger partial charge on any atom is -0.143 e. The highest BCUT2D eigenvalue weighted by atomic mass is 127. The van der Waals surface area contributed by atoms with Crippen molar-refractivity contribution in [2.75, 3.05) is 0 Å². The first kappa shape index (κ1) is 9.11. The zero-order valence-corrected chi connectivity index (χ0v) is 9.08. The Morgan fingerprint density at radius 3 is 2.18 bits per heavy atom. The molecule has 0 heterocycles. The Hall–Kier alpha value is 0.0149. The molecule has 0 amide bonds. The van der Waals surface area contributed by atoms with Gasteiger partial charge in [0, 0.05) is 0 Å². The molecule has 1 rings (SSSR count). The minimum atomic E-state index is 0.647. The standard InChI is InChI=1S/C9H12BI/c1-8(2)10(11)9-6-4-3-5-7-9/h3-8H,1-2H3. The van der Waals surface area contributed by atoms with Crippen molar-refractivity contribution in [1.29, 1.82) is 0 Å². The molecule has 0 unspecified atom stereocenters. The zero-order valence-electron chi connectivity index (χ0n) is 6.92. The van der Waals surface area contributed by atoms with Gasteiger partial charge in [-0.3, -0.25) is 0 Å². The lowest BCUT2D eigenvalue weighted by atomic mass is 9.60. The Labute approximate surface area is 82.3 Å². The van der Waals surface area contributed by atoms with Crippen LogP contribution in [0.15, 0.2) is 30.3 Å². The smallest absolute Gasteiger partial charge is 0.143 e. The van der Waals surface area contributed by atoms with Crippen molar-refractivity contribution in [2.24, 2.45) is 0 Å². The van der Waals surface area contributed by atoms with Gasteiger partial charge in [0.25, 0.3) is 4.57 Å². The summed E-state index contributed by atoms with van der Waals surface area (Å²) in [6.07, 6.45) is 0. The third-order valence-corrected chi connectivity index (χ3v) is 3.86. The Bertz CT molecular complexity index is 208. The topological polar surface area (TPSA) is 0 Å². The molecule has 0 saturated heterocycles. The molecular weight excluding hydrogens is 246 g/mol. The molecule has 0 aliphatic rings. The van der Waals surface area contributed by atoms with Crippen molar-refractivity contribution in [3.8, 4) is 0 Å². The van der Waals surface area contributed by atoms with Gasteiger partial charge in [0.05, 0.1) is 0 Å². The van der Waals surface area contributed by atoms with Crippen LogP contribution in [-0.4, -0.2) is 4.57 Å². The first-order valence-corrected chi connectivity index (χ1v) is 5.15. The maximum absolute atomic E-state index is 2.50. The van der Waals surface area contributed by atoms with Gasteiger partial charge in [-0.1, -0.05) is 55.5 Å². The highest BCUT2D eigenvalue weighted by molar-refractivity contribution is 14.1. The van der Waals surface area contributed by atoms with E-state index in [0.717, 1.165) is 5.82 Å².